The maximum absolute atomic E-state index is 12.9. The summed E-state index contributed by atoms with van der Waals surface area (Å²) in [6.45, 7) is 3.82. The molecule has 57 heavy (non-hydrogen) atoms. The second kappa shape index (κ2) is 39.3. The summed E-state index contributed by atoms with van der Waals surface area (Å²) in [6.07, 6.45) is 37.2. The van der Waals surface area contributed by atoms with Crippen LogP contribution in [0.1, 0.15) is 245 Å². The Labute approximate surface area is 351 Å². The Morgan fingerprint density at radius 3 is 1.25 bits per heavy atom. The van der Waals surface area contributed by atoms with Crippen molar-refractivity contribution in [2.45, 2.75) is 288 Å². The average Bonchev–Trinajstić information content (AvgIpc) is 3.21. The molecule has 1 aliphatic heterocycles. The summed E-state index contributed by atoms with van der Waals surface area (Å²) >= 11 is 0. The standard InChI is InChI=1S/C48H95NO8/c1-3-5-7-9-11-13-14-15-16-17-18-19-20-21-22-23-24-25-26-27-28-29-30-31-33-35-37-42(51)41(49-44(52)38-36-34-32-12-10-8-6-4-2)40-56-48-47(55)46(54)45(53)43(39-50)57-48/h41-43,45-48,50-51,53-55H,3-40H2,1-2H3,(H,49,52). The number of rotatable bonds is 42. The fraction of sp³-hybridized carbons (Fsp3) is 0.979. The topological polar surface area (TPSA) is 149 Å². The van der Waals surface area contributed by atoms with Crippen LogP contribution in [0.2, 0.25) is 0 Å². The largest absolute Gasteiger partial charge is 0.394 e. The molecule has 0 radical (unpaired) electrons. The van der Waals surface area contributed by atoms with Gasteiger partial charge in [-0.2, -0.15) is 0 Å². The van der Waals surface area contributed by atoms with Gasteiger partial charge in [0.05, 0.1) is 25.4 Å². The van der Waals surface area contributed by atoms with Gasteiger partial charge in [-0.15, -0.1) is 0 Å². The van der Waals surface area contributed by atoms with Crippen LogP contribution in [-0.4, -0.2) is 87.5 Å². The van der Waals surface area contributed by atoms with Crippen LogP contribution < -0.4 is 5.32 Å². The third-order valence-electron chi connectivity index (χ3n) is 12.2. The van der Waals surface area contributed by atoms with Crippen LogP contribution in [0, 0.1) is 0 Å². The van der Waals surface area contributed by atoms with Gasteiger partial charge in [-0.25, -0.2) is 0 Å². The SMILES string of the molecule is CCCCCCCCCCCCCCCCCCCCCCCCCCCCC(O)C(COC1OC(CO)C(O)C(O)C1O)NC(=O)CCCCCCCCCC. The first-order valence-corrected chi connectivity index (χ1v) is 24.7. The molecule has 0 spiro atoms. The summed E-state index contributed by atoms with van der Waals surface area (Å²) in [5.74, 6) is -0.146. The minimum Gasteiger partial charge on any atom is -0.394 e. The normalized spacial score (nSPS) is 20.9. The van der Waals surface area contributed by atoms with Crippen molar-refractivity contribution < 1.29 is 39.8 Å². The Morgan fingerprint density at radius 2 is 0.877 bits per heavy atom. The van der Waals surface area contributed by atoms with Crippen LogP contribution in [0.5, 0.6) is 0 Å². The second-order valence-corrected chi connectivity index (χ2v) is 17.6. The number of amides is 1. The zero-order chi connectivity index (χ0) is 41.6. The van der Waals surface area contributed by atoms with E-state index in [2.05, 4.69) is 19.2 Å². The summed E-state index contributed by atoms with van der Waals surface area (Å²) in [5.41, 5.74) is 0. The summed E-state index contributed by atoms with van der Waals surface area (Å²) < 4.78 is 11.2. The molecular weight excluding hydrogens is 719 g/mol. The van der Waals surface area contributed by atoms with Crippen LogP contribution in [0.25, 0.3) is 0 Å². The van der Waals surface area contributed by atoms with Gasteiger partial charge in [-0.1, -0.05) is 226 Å². The first kappa shape index (κ1) is 54.2. The Hall–Kier alpha value is -0.810. The number of aliphatic hydroxyl groups is 5. The number of carbonyl (C=O) groups is 1. The van der Waals surface area contributed by atoms with Gasteiger partial charge in [0.25, 0.3) is 0 Å². The maximum Gasteiger partial charge on any atom is 0.220 e. The van der Waals surface area contributed by atoms with Gasteiger partial charge in [0.1, 0.15) is 24.4 Å². The number of hydrogen-bond donors (Lipinski definition) is 6. The van der Waals surface area contributed by atoms with Crippen LogP contribution in [0.3, 0.4) is 0 Å². The molecule has 0 aromatic rings. The highest BCUT2D eigenvalue weighted by atomic mass is 16.7. The highest BCUT2D eigenvalue weighted by molar-refractivity contribution is 5.76. The third kappa shape index (κ3) is 30.0. The fourth-order valence-corrected chi connectivity index (χ4v) is 8.22. The van der Waals surface area contributed by atoms with E-state index in [0.717, 1.165) is 38.5 Å². The van der Waals surface area contributed by atoms with Crippen molar-refractivity contribution in [2.75, 3.05) is 13.2 Å². The lowest BCUT2D eigenvalue weighted by Gasteiger charge is -2.40. The molecule has 1 fully saturated rings. The molecule has 7 atom stereocenters. The lowest BCUT2D eigenvalue weighted by atomic mass is 9.99. The number of hydrogen-bond acceptors (Lipinski definition) is 8. The molecule has 1 rings (SSSR count). The summed E-state index contributed by atoms with van der Waals surface area (Å²) in [4.78, 5) is 12.9. The molecule has 9 heteroatoms. The van der Waals surface area contributed by atoms with E-state index < -0.39 is 49.5 Å². The van der Waals surface area contributed by atoms with E-state index in [0.29, 0.717) is 12.8 Å². The van der Waals surface area contributed by atoms with Gasteiger partial charge in [0, 0.05) is 6.42 Å². The number of ether oxygens (including phenoxy) is 2. The number of unbranched alkanes of at least 4 members (excludes halogenated alkanes) is 32. The Kier molecular flexibility index (Phi) is 37.4. The smallest absolute Gasteiger partial charge is 0.220 e. The monoisotopic (exact) mass is 814 g/mol. The predicted octanol–water partition coefficient (Wildman–Crippen LogP) is 10.7. The van der Waals surface area contributed by atoms with Crippen molar-refractivity contribution in [1.29, 1.82) is 0 Å². The van der Waals surface area contributed by atoms with Crippen molar-refractivity contribution in [3.63, 3.8) is 0 Å². The highest BCUT2D eigenvalue weighted by Crippen LogP contribution is 2.23. The summed E-state index contributed by atoms with van der Waals surface area (Å²) in [5, 5.41) is 54.2. The molecule has 1 aliphatic rings. The molecule has 1 saturated heterocycles. The first-order valence-electron chi connectivity index (χ1n) is 24.7. The van der Waals surface area contributed by atoms with Crippen LogP contribution in [-0.2, 0) is 14.3 Å². The van der Waals surface area contributed by atoms with E-state index in [1.165, 1.54) is 180 Å². The van der Waals surface area contributed by atoms with Crippen LogP contribution in [0.4, 0.5) is 0 Å². The molecule has 6 N–H and O–H groups in total. The average molecular weight is 814 g/mol. The molecule has 0 aromatic heterocycles. The van der Waals surface area contributed by atoms with Gasteiger partial charge in [-0.05, 0) is 12.8 Å². The van der Waals surface area contributed by atoms with Gasteiger partial charge in [-0.3, -0.25) is 4.79 Å². The quantitative estimate of drug-likeness (QED) is 0.0334. The molecule has 0 aliphatic carbocycles. The van der Waals surface area contributed by atoms with Gasteiger partial charge >= 0.3 is 0 Å². The van der Waals surface area contributed by atoms with Crippen LogP contribution in [0.15, 0.2) is 0 Å². The van der Waals surface area contributed by atoms with E-state index in [-0.39, 0.29) is 12.5 Å². The molecule has 0 bridgehead atoms. The van der Waals surface area contributed by atoms with Crippen molar-refractivity contribution in [3.05, 3.63) is 0 Å². The second-order valence-electron chi connectivity index (χ2n) is 17.6. The number of carbonyl (C=O) groups excluding carboxylic acids is 1. The molecular formula is C48H95NO8. The first-order chi connectivity index (χ1) is 27.8. The summed E-state index contributed by atoms with van der Waals surface area (Å²) in [7, 11) is 0. The molecule has 7 unspecified atom stereocenters. The minimum atomic E-state index is -1.55. The lowest BCUT2D eigenvalue weighted by molar-refractivity contribution is -0.302. The van der Waals surface area contributed by atoms with Gasteiger partial charge in [0.2, 0.25) is 5.91 Å². The van der Waals surface area contributed by atoms with Crippen LogP contribution >= 0.6 is 0 Å². The zero-order valence-electron chi connectivity index (χ0n) is 37.4. The Morgan fingerprint density at radius 1 is 0.526 bits per heavy atom. The van der Waals surface area contributed by atoms with Crippen molar-refractivity contribution in [2.24, 2.45) is 0 Å². The molecule has 1 heterocycles. The predicted molar refractivity (Wildman–Crippen MR) is 235 cm³/mol. The van der Waals surface area contributed by atoms with E-state index in [9.17, 15) is 30.3 Å². The molecule has 0 saturated carbocycles. The van der Waals surface area contributed by atoms with Crippen molar-refractivity contribution in [1.82, 2.24) is 5.32 Å². The minimum absolute atomic E-state index is 0.132. The maximum atomic E-state index is 12.9. The highest BCUT2D eigenvalue weighted by Gasteiger charge is 2.44. The van der Waals surface area contributed by atoms with E-state index in [1.807, 2.05) is 0 Å². The Bertz CT molecular complexity index is 862. The Balaban J connectivity index is 2.14. The molecule has 0 aromatic carbocycles. The molecule has 340 valence electrons. The van der Waals surface area contributed by atoms with E-state index in [1.54, 1.807) is 0 Å². The fourth-order valence-electron chi connectivity index (χ4n) is 8.22. The van der Waals surface area contributed by atoms with Gasteiger partial charge < -0.3 is 40.3 Å². The lowest BCUT2D eigenvalue weighted by Crippen LogP contribution is -2.60. The van der Waals surface area contributed by atoms with E-state index >= 15 is 0 Å². The molecule has 1 amide bonds. The molecule has 9 nitrogen and oxygen atoms in total. The van der Waals surface area contributed by atoms with Crippen molar-refractivity contribution >= 4 is 5.91 Å². The third-order valence-corrected chi connectivity index (χ3v) is 12.2. The zero-order valence-corrected chi connectivity index (χ0v) is 37.4. The van der Waals surface area contributed by atoms with Gasteiger partial charge in [0.15, 0.2) is 6.29 Å². The summed E-state index contributed by atoms with van der Waals surface area (Å²) in [6, 6.07) is -0.710. The van der Waals surface area contributed by atoms with Crippen molar-refractivity contribution in [3.8, 4) is 0 Å². The number of aliphatic hydroxyl groups excluding tert-OH is 5. The van der Waals surface area contributed by atoms with E-state index in [4.69, 9.17) is 9.47 Å². The number of nitrogens with one attached hydrogen (secondary N) is 1.